The highest BCUT2D eigenvalue weighted by Crippen LogP contribution is 2.08. The Balaban J connectivity index is 4.05. The Hall–Kier alpha value is -0.220. The first-order valence-corrected chi connectivity index (χ1v) is 5.74. The predicted molar refractivity (Wildman–Crippen MR) is 60.5 cm³/mol. The molecule has 0 aromatic rings. The maximum Gasteiger partial charge on any atom is 0.251 e. The lowest BCUT2D eigenvalue weighted by molar-refractivity contribution is 0.0744. The van der Waals surface area contributed by atoms with Crippen LogP contribution in [0.15, 0.2) is 0 Å². The zero-order valence-electron chi connectivity index (χ0n) is 10.3. The fourth-order valence-electron chi connectivity index (χ4n) is 1.68. The largest absolute Gasteiger partial charge is 0.312 e. The van der Waals surface area contributed by atoms with Crippen molar-refractivity contribution in [3.8, 4) is 0 Å². The summed E-state index contributed by atoms with van der Waals surface area (Å²) in [5, 5.41) is 3.39. The minimum atomic E-state index is -2.25. The molecule has 0 saturated carbocycles. The summed E-state index contributed by atoms with van der Waals surface area (Å²) in [5.74, 6) is 0. The average molecular weight is 222 g/mol. The van der Waals surface area contributed by atoms with Gasteiger partial charge in [0.2, 0.25) is 0 Å². The molecule has 0 aromatic heterocycles. The molecule has 0 bridgehead atoms. The maximum atomic E-state index is 12.2. The van der Waals surface area contributed by atoms with Gasteiger partial charge in [0.15, 0.2) is 0 Å². The maximum absolute atomic E-state index is 12.2. The zero-order valence-corrected chi connectivity index (χ0v) is 10.3. The van der Waals surface area contributed by atoms with Crippen LogP contribution in [-0.2, 0) is 0 Å². The highest BCUT2D eigenvalue weighted by Gasteiger charge is 2.20. The highest BCUT2D eigenvalue weighted by atomic mass is 19.3. The molecule has 1 N–H and O–H groups in total. The Morgan fingerprint density at radius 3 is 2.27 bits per heavy atom. The summed E-state index contributed by atoms with van der Waals surface area (Å²) in [5.41, 5.74) is 0. The van der Waals surface area contributed by atoms with Gasteiger partial charge in [0.05, 0.1) is 6.54 Å². The molecular weight excluding hydrogens is 198 g/mol. The first-order valence-electron chi connectivity index (χ1n) is 5.74. The standard InChI is InChI=1S/C11H24F2N2/c1-5-7-14-10(6-2)9(3)15(4)8-11(12)13/h9-11,14H,5-8H2,1-4H3. The SMILES string of the molecule is CCCNC(CC)C(C)N(C)CC(F)F. The Bertz CT molecular complexity index is 154. The molecule has 2 unspecified atom stereocenters. The van der Waals surface area contributed by atoms with Crippen LogP contribution in [0.1, 0.15) is 33.6 Å². The van der Waals surface area contributed by atoms with Crippen molar-refractivity contribution in [1.82, 2.24) is 10.2 Å². The number of halogens is 2. The van der Waals surface area contributed by atoms with Gasteiger partial charge in [0.25, 0.3) is 6.43 Å². The third-order valence-electron chi connectivity index (χ3n) is 2.80. The second kappa shape index (κ2) is 7.99. The molecule has 2 nitrogen and oxygen atoms in total. The molecule has 0 aliphatic carbocycles. The quantitative estimate of drug-likeness (QED) is 0.678. The van der Waals surface area contributed by atoms with Gasteiger partial charge in [-0.15, -0.1) is 0 Å². The van der Waals surface area contributed by atoms with Gasteiger partial charge in [-0.3, -0.25) is 4.90 Å². The van der Waals surface area contributed by atoms with E-state index in [0.717, 1.165) is 19.4 Å². The van der Waals surface area contributed by atoms with E-state index in [0.29, 0.717) is 6.04 Å². The van der Waals surface area contributed by atoms with Crippen molar-refractivity contribution in [2.75, 3.05) is 20.1 Å². The van der Waals surface area contributed by atoms with Crippen LogP contribution >= 0.6 is 0 Å². The summed E-state index contributed by atoms with van der Waals surface area (Å²) >= 11 is 0. The van der Waals surface area contributed by atoms with E-state index in [1.165, 1.54) is 0 Å². The van der Waals surface area contributed by atoms with E-state index in [1.54, 1.807) is 11.9 Å². The minimum absolute atomic E-state index is 0.147. The van der Waals surface area contributed by atoms with E-state index in [1.807, 2.05) is 6.92 Å². The number of nitrogens with one attached hydrogen (secondary N) is 1. The van der Waals surface area contributed by atoms with Crippen LogP contribution in [0.3, 0.4) is 0 Å². The topological polar surface area (TPSA) is 15.3 Å². The van der Waals surface area contributed by atoms with Crippen LogP contribution < -0.4 is 5.32 Å². The first kappa shape index (κ1) is 14.8. The highest BCUT2D eigenvalue weighted by molar-refractivity contribution is 4.78. The van der Waals surface area contributed by atoms with Gasteiger partial charge < -0.3 is 5.32 Å². The van der Waals surface area contributed by atoms with Gasteiger partial charge in [-0.05, 0) is 33.4 Å². The minimum Gasteiger partial charge on any atom is -0.312 e. The second-order valence-electron chi connectivity index (χ2n) is 4.04. The van der Waals surface area contributed by atoms with Crippen molar-refractivity contribution in [3.63, 3.8) is 0 Å². The van der Waals surface area contributed by atoms with E-state index in [9.17, 15) is 8.78 Å². The van der Waals surface area contributed by atoms with Crippen molar-refractivity contribution in [1.29, 1.82) is 0 Å². The number of nitrogens with zero attached hydrogens (tertiary/aromatic N) is 1. The van der Waals surface area contributed by atoms with Gasteiger partial charge in [0, 0.05) is 12.1 Å². The third-order valence-corrected chi connectivity index (χ3v) is 2.80. The molecule has 0 rings (SSSR count). The Morgan fingerprint density at radius 1 is 1.27 bits per heavy atom. The molecule has 0 saturated heterocycles. The molecule has 2 atom stereocenters. The summed E-state index contributed by atoms with van der Waals surface area (Å²) in [7, 11) is 1.76. The van der Waals surface area contributed by atoms with Crippen molar-refractivity contribution in [3.05, 3.63) is 0 Å². The molecule has 4 heteroatoms. The van der Waals surface area contributed by atoms with Crippen LogP contribution in [0.2, 0.25) is 0 Å². The van der Waals surface area contributed by atoms with Crippen LogP contribution in [0.4, 0.5) is 8.78 Å². The monoisotopic (exact) mass is 222 g/mol. The number of likely N-dealkylation sites (N-methyl/N-ethyl adjacent to an activating group) is 1. The lowest BCUT2D eigenvalue weighted by Crippen LogP contribution is -2.48. The first-order chi connectivity index (χ1) is 7.02. The van der Waals surface area contributed by atoms with Gasteiger partial charge in [-0.1, -0.05) is 13.8 Å². The van der Waals surface area contributed by atoms with Gasteiger partial charge in [-0.2, -0.15) is 0 Å². The van der Waals surface area contributed by atoms with Crippen LogP contribution in [-0.4, -0.2) is 43.5 Å². The molecule has 0 radical (unpaired) electrons. The average Bonchev–Trinajstić information content (AvgIpc) is 2.17. The predicted octanol–water partition coefficient (Wildman–Crippen LogP) is 2.35. The number of rotatable bonds is 8. The van der Waals surface area contributed by atoms with Gasteiger partial charge >= 0.3 is 0 Å². The Kier molecular flexibility index (Phi) is 7.88. The van der Waals surface area contributed by atoms with Gasteiger partial charge in [-0.25, -0.2) is 8.78 Å². The lowest BCUT2D eigenvalue weighted by atomic mass is 10.1. The molecule has 0 heterocycles. The van der Waals surface area contributed by atoms with E-state index < -0.39 is 6.43 Å². The van der Waals surface area contributed by atoms with Crippen molar-refractivity contribution >= 4 is 0 Å². The second-order valence-corrected chi connectivity index (χ2v) is 4.04. The number of hydrogen-bond donors (Lipinski definition) is 1. The molecule has 0 spiro atoms. The van der Waals surface area contributed by atoms with Crippen LogP contribution in [0.25, 0.3) is 0 Å². The summed E-state index contributed by atoms with van der Waals surface area (Å²) in [6, 6.07) is 0.448. The van der Waals surface area contributed by atoms with Crippen molar-refractivity contribution in [2.24, 2.45) is 0 Å². The fraction of sp³-hybridized carbons (Fsp3) is 1.00. The summed E-state index contributed by atoms with van der Waals surface area (Å²) in [6.45, 7) is 6.99. The lowest BCUT2D eigenvalue weighted by Gasteiger charge is -2.31. The smallest absolute Gasteiger partial charge is 0.251 e. The molecule has 0 aliphatic rings. The molecule has 0 aliphatic heterocycles. The van der Waals surface area contributed by atoms with E-state index >= 15 is 0 Å². The van der Waals surface area contributed by atoms with Crippen LogP contribution in [0.5, 0.6) is 0 Å². The van der Waals surface area contributed by atoms with Crippen LogP contribution in [0, 0.1) is 0 Å². The molecule has 92 valence electrons. The Morgan fingerprint density at radius 2 is 1.87 bits per heavy atom. The van der Waals surface area contributed by atoms with Crippen molar-refractivity contribution < 1.29 is 8.78 Å². The molecular formula is C11H24F2N2. The zero-order chi connectivity index (χ0) is 11.8. The fourth-order valence-corrected chi connectivity index (χ4v) is 1.68. The Labute approximate surface area is 92.0 Å². The van der Waals surface area contributed by atoms with Crippen molar-refractivity contribution in [2.45, 2.75) is 52.1 Å². The number of hydrogen-bond acceptors (Lipinski definition) is 2. The van der Waals surface area contributed by atoms with E-state index in [2.05, 4.69) is 19.2 Å². The molecule has 15 heavy (non-hydrogen) atoms. The van der Waals surface area contributed by atoms with E-state index in [-0.39, 0.29) is 12.6 Å². The summed E-state index contributed by atoms with van der Waals surface area (Å²) < 4.78 is 24.4. The van der Waals surface area contributed by atoms with Gasteiger partial charge in [0.1, 0.15) is 0 Å². The molecule has 0 aromatic carbocycles. The normalized spacial score (nSPS) is 16.0. The molecule has 0 amide bonds. The third kappa shape index (κ3) is 6.05. The molecule has 0 fully saturated rings. The number of alkyl halides is 2. The summed E-state index contributed by atoms with van der Waals surface area (Å²) in [6.07, 6.45) is -0.211. The summed E-state index contributed by atoms with van der Waals surface area (Å²) in [4.78, 5) is 1.72. The van der Waals surface area contributed by atoms with E-state index in [4.69, 9.17) is 0 Å².